The molecule has 0 aromatic rings. The summed E-state index contributed by atoms with van der Waals surface area (Å²) in [5, 5.41) is 0. The Morgan fingerprint density at radius 1 is 2.00 bits per heavy atom. The van der Waals surface area contributed by atoms with Crippen LogP contribution in [0.25, 0.3) is 0 Å². The Hall–Kier alpha value is -0.770. The van der Waals surface area contributed by atoms with Crippen LogP contribution in [-0.4, -0.2) is 6.03 Å². The fourth-order valence-electron chi connectivity index (χ4n) is 0.0711. The number of hydrogen-bond donors (Lipinski definition) is 2. The van der Waals surface area contributed by atoms with Crippen molar-refractivity contribution in [2.75, 3.05) is 0 Å². The highest BCUT2D eigenvalue weighted by Crippen LogP contribution is 1.52. The van der Waals surface area contributed by atoms with Crippen molar-refractivity contribution >= 4 is 6.03 Å². The third kappa shape index (κ3) is 3.23. The quantitative estimate of drug-likeness (QED) is 0.420. The number of amides is 2. The van der Waals surface area contributed by atoms with Crippen molar-refractivity contribution in [3.8, 4) is 0 Å². The van der Waals surface area contributed by atoms with Gasteiger partial charge in [-0.2, -0.15) is 0 Å². The van der Waals surface area contributed by atoms with Crippen molar-refractivity contribution in [3.05, 3.63) is 7.11 Å². The molecule has 0 heterocycles. The molecule has 4 nitrogen and oxygen atoms in total. The van der Waals surface area contributed by atoms with Gasteiger partial charge in [-0.05, 0) is 0 Å². The SMILES string of the molecule is [CH2]ONC(N)=O. The summed E-state index contributed by atoms with van der Waals surface area (Å²) in [6.45, 7) is 0. The van der Waals surface area contributed by atoms with Crippen LogP contribution in [0.15, 0.2) is 0 Å². The van der Waals surface area contributed by atoms with Crippen LogP contribution >= 0.6 is 0 Å². The molecule has 6 heavy (non-hydrogen) atoms. The molecule has 0 aliphatic carbocycles. The topological polar surface area (TPSA) is 64.3 Å². The van der Waals surface area contributed by atoms with Gasteiger partial charge in [0, 0.05) is 0 Å². The van der Waals surface area contributed by atoms with Crippen molar-refractivity contribution in [1.82, 2.24) is 5.48 Å². The van der Waals surface area contributed by atoms with Crippen LogP contribution in [0.4, 0.5) is 4.79 Å². The highest BCUT2D eigenvalue weighted by Gasteiger charge is 1.80. The Kier molecular flexibility index (Phi) is 2.15. The molecule has 0 fully saturated rings. The molecule has 0 bridgehead atoms. The maximum absolute atomic E-state index is 9.55. The zero-order chi connectivity index (χ0) is 4.99. The Morgan fingerprint density at radius 3 is 2.50 bits per heavy atom. The van der Waals surface area contributed by atoms with Gasteiger partial charge >= 0.3 is 6.03 Å². The van der Waals surface area contributed by atoms with Crippen molar-refractivity contribution in [3.63, 3.8) is 0 Å². The first kappa shape index (κ1) is 5.23. The summed E-state index contributed by atoms with van der Waals surface area (Å²) in [6, 6.07) is -0.745. The van der Waals surface area contributed by atoms with Gasteiger partial charge in [0.1, 0.15) is 7.11 Å². The summed E-state index contributed by atoms with van der Waals surface area (Å²) in [6.07, 6.45) is 0. The molecule has 0 aromatic carbocycles. The van der Waals surface area contributed by atoms with Crippen molar-refractivity contribution in [1.29, 1.82) is 0 Å². The minimum absolute atomic E-state index is 0.745. The lowest BCUT2D eigenvalue weighted by molar-refractivity contribution is 0.142. The van der Waals surface area contributed by atoms with Crippen LogP contribution in [0.3, 0.4) is 0 Å². The number of nitrogens with two attached hydrogens (primary N) is 1. The van der Waals surface area contributed by atoms with E-state index >= 15 is 0 Å². The number of carbonyl (C=O) groups is 1. The minimum atomic E-state index is -0.745. The third-order valence-corrected chi connectivity index (χ3v) is 0.173. The van der Waals surface area contributed by atoms with Crippen LogP contribution in [-0.2, 0) is 4.84 Å². The molecule has 4 heteroatoms. The Labute approximate surface area is 35.2 Å². The summed E-state index contributed by atoms with van der Waals surface area (Å²) in [5.74, 6) is 0. The first-order valence-electron chi connectivity index (χ1n) is 1.24. The number of carbonyl (C=O) groups excluding carboxylic acids is 1. The molecule has 0 unspecified atom stereocenters. The number of primary amides is 1. The van der Waals surface area contributed by atoms with E-state index in [2.05, 4.69) is 17.7 Å². The van der Waals surface area contributed by atoms with Crippen LogP contribution in [0, 0.1) is 7.11 Å². The fourth-order valence-corrected chi connectivity index (χ4v) is 0.0711. The highest BCUT2D eigenvalue weighted by atomic mass is 16.6. The van der Waals surface area contributed by atoms with Crippen molar-refractivity contribution in [2.24, 2.45) is 5.73 Å². The van der Waals surface area contributed by atoms with Gasteiger partial charge in [-0.25, -0.2) is 10.3 Å². The molecule has 0 saturated heterocycles. The molecular weight excluding hydrogens is 84.0 g/mol. The standard InChI is InChI=1S/C2H5N2O2/c1-6-4-2(3)5/h1H2,(H3,3,4,5). The van der Waals surface area contributed by atoms with E-state index in [9.17, 15) is 4.79 Å². The Balaban J connectivity index is 2.83. The van der Waals surface area contributed by atoms with E-state index in [0.29, 0.717) is 0 Å². The first-order chi connectivity index (χ1) is 2.77. The molecule has 0 saturated carbocycles. The second kappa shape index (κ2) is 2.47. The maximum Gasteiger partial charge on any atom is 0.336 e. The first-order valence-corrected chi connectivity index (χ1v) is 1.24. The average Bonchev–Trinajstić information content (AvgIpc) is 1.35. The van der Waals surface area contributed by atoms with Gasteiger partial charge in [0.2, 0.25) is 0 Å². The predicted molar refractivity (Wildman–Crippen MR) is 19.2 cm³/mol. The van der Waals surface area contributed by atoms with Gasteiger partial charge in [-0.3, -0.25) is 4.84 Å². The van der Waals surface area contributed by atoms with E-state index in [-0.39, 0.29) is 0 Å². The van der Waals surface area contributed by atoms with Gasteiger partial charge in [0.05, 0.1) is 0 Å². The lowest BCUT2D eigenvalue weighted by atomic mass is 11.2. The molecule has 3 N–H and O–H groups in total. The summed E-state index contributed by atoms with van der Waals surface area (Å²) in [7, 11) is 2.81. The second-order valence-corrected chi connectivity index (χ2v) is 0.611. The van der Waals surface area contributed by atoms with Gasteiger partial charge < -0.3 is 5.73 Å². The van der Waals surface area contributed by atoms with Gasteiger partial charge in [0.25, 0.3) is 0 Å². The summed E-state index contributed by atoms with van der Waals surface area (Å²) in [4.78, 5) is 13.4. The monoisotopic (exact) mass is 89.0 g/mol. The smallest absolute Gasteiger partial charge is 0.336 e. The third-order valence-electron chi connectivity index (χ3n) is 0.173. The van der Waals surface area contributed by atoms with Crippen LogP contribution < -0.4 is 11.2 Å². The van der Waals surface area contributed by atoms with Crippen LogP contribution in [0.5, 0.6) is 0 Å². The molecule has 0 aromatic heterocycles. The lowest BCUT2D eigenvalue weighted by Gasteiger charge is -1.89. The molecule has 0 spiro atoms. The average molecular weight is 89.1 g/mol. The van der Waals surface area contributed by atoms with E-state index in [4.69, 9.17) is 0 Å². The van der Waals surface area contributed by atoms with Gasteiger partial charge in [-0.15, -0.1) is 0 Å². The minimum Gasteiger partial charge on any atom is -0.350 e. The van der Waals surface area contributed by atoms with E-state index in [1.54, 1.807) is 5.48 Å². The Bertz CT molecular complexity index is 53.5. The van der Waals surface area contributed by atoms with E-state index in [1.807, 2.05) is 0 Å². The molecule has 0 rings (SSSR count). The number of nitrogens with one attached hydrogen (secondary N) is 1. The number of hydroxylamine groups is 1. The number of hydrogen-bond acceptors (Lipinski definition) is 2. The molecule has 0 atom stereocenters. The molecule has 1 radical (unpaired) electrons. The summed E-state index contributed by atoms with van der Waals surface area (Å²) >= 11 is 0. The zero-order valence-electron chi connectivity index (χ0n) is 3.10. The highest BCUT2D eigenvalue weighted by molar-refractivity contribution is 5.70. The molecule has 35 valence electrons. The predicted octanol–water partition coefficient (Wildman–Crippen LogP) is -0.622. The molecular formula is C2H5N2O2. The fraction of sp³-hybridized carbons (Fsp3) is 0. The number of rotatable bonds is 1. The van der Waals surface area contributed by atoms with E-state index in [0.717, 1.165) is 0 Å². The van der Waals surface area contributed by atoms with Gasteiger partial charge in [-0.1, -0.05) is 0 Å². The lowest BCUT2D eigenvalue weighted by Crippen LogP contribution is -2.27. The molecule has 0 aliphatic heterocycles. The van der Waals surface area contributed by atoms with E-state index < -0.39 is 6.03 Å². The normalized spacial score (nSPS) is 7.50. The summed E-state index contributed by atoms with van der Waals surface area (Å²) in [5.41, 5.74) is 6.22. The van der Waals surface area contributed by atoms with Crippen LogP contribution in [0.2, 0.25) is 0 Å². The van der Waals surface area contributed by atoms with Gasteiger partial charge in [0.15, 0.2) is 0 Å². The van der Waals surface area contributed by atoms with Crippen molar-refractivity contribution in [2.45, 2.75) is 0 Å². The maximum atomic E-state index is 9.55. The molecule has 2 amide bonds. The second-order valence-electron chi connectivity index (χ2n) is 0.611. The van der Waals surface area contributed by atoms with Crippen molar-refractivity contribution < 1.29 is 9.63 Å². The Morgan fingerprint density at radius 2 is 2.50 bits per heavy atom. The summed E-state index contributed by atoms with van der Waals surface area (Å²) < 4.78 is 0. The number of urea groups is 1. The largest absolute Gasteiger partial charge is 0.350 e. The molecule has 0 aliphatic rings. The van der Waals surface area contributed by atoms with E-state index in [1.165, 1.54) is 0 Å². The zero-order valence-corrected chi connectivity index (χ0v) is 3.10. The van der Waals surface area contributed by atoms with Crippen LogP contribution in [0.1, 0.15) is 0 Å².